The Balaban J connectivity index is 1.46. The van der Waals surface area contributed by atoms with Crippen LogP contribution in [0, 0.1) is 11.2 Å². The van der Waals surface area contributed by atoms with E-state index in [0.717, 1.165) is 58.2 Å². The van der Waals surface area contributed by atoms with E-state index in [4.69, 9.17) is 9.73 Å². The van der Waals surface area contributed by atoms with Gasteiger partial charge in [-0.3, -0.25) is 4.99 Å². The van der Waals surface area contributed by atoms with Gasteiger partial charge in [0.1, 0.15) is 5.82 Å². The number of nitrogens with one attached hydrogen (secondary N) is 1. The van der Waals surface area contributed by atoms with E-state index < -0.39 is 0 Å². The molecular formula is C20H28FN3O. The highest BCUT2D eigenvalue weighted by atomic mass is 19.1. The van der Waals surface area contributed by atoms with Crippen molar-refractivity contribution in [1.29, 1.82) is 0 Å². The lowest BCUT2D eigenvalue weighted by Crippen LogP contribution is -2.42. The van der Waals surface area contributed by atoms with Crippen LogP contribution in [0.15, 0.2) is 29.3 Å². The van der Waals surface area contributed by atoms with E-state index in [1.54, 1.807) is 12.1 Å². The SMILES string of the molecule is CCNC(=NCC1(c2ccc(F)cc2)CC1)N1CCC2(CCOC2)C1. The number of aliphatic imine (C=N–C) groups is 1. The summed E-state index contributed by atoms with van der Waals surface area (Å²) in [5, 5.41) is 3.47. The van der Waals surface area contributed by atoms with Crippen molar-refractivity contribution in [2.24, 2.45) is 10.4 Å². The van der Waals surface area contributed by atoms with Crippen LogP contribution in [-0.2, 0) is 10.2 Å². The van der Waals surface area contributed by atoms with Gasteiger partial charge in [-0.1, -0.05) is 12.1 Å². The molecule has 5 heteroatoms. The smallest absolute Gasteiger partial charge is 0.193 e. The highest BCUT2D eigenvalue weighted by molar-refractivity contribution is 5.80. The van der Waals surface area contributed by atoms with Gasteiger partial charge in [0.15, 0.2) is 5.96 Å². The number of guanidine groups is 1. The largest absolute Gasteiger partial charge is 0.381 e. The average Bonchev–Trinajstić information content (AvgIpc) is 3.09. The van der Waals surface area contributed by atoms with Gasteiger partial charge in [0.05, 0.1) is 13.2 Å². The summed E-state index contributed by atoms with van der Waals surface area (Å²) < 4.78 is 18.8. The fourth-order valence-electron chi connectivity index (χ4n) is 4.23. The molecule has 136 valence electrons. The molecule has 3 aliphatic rings. The van der Waals surface area contributed by atoms with E-state index in [1.165, 1.54) is 18.4 Å². The first kappa shape index (κ1) is 16.8. The predicted octanol–water partition coefficient (Wildman–Crippen LogP) is 2.94. The number of hydrogen-bond acceptors (Lipinski definition) is 2. The molecule has 2 aliphatic heterocycles. The number of ether oxygens (including phenoxy) is 1. The standard InChI is InChI=1S/C20H28FN3O/c1-2-22-18(24-11-9-19(14-24)10-12-25-15-19)23-13-20(7-8-20)16-3-5-17(21)6-4-16/h3-6H,2,7-15H2,1H3,(H,22,23). The second-order valence-electron chi connectivity index (χ2n) is 7.93. The van der Waals surface area contributed by atoms with E-state index in [2.05, 4.69) is 17.1 Å². The Kier molecular flexibility index (Phi) is 4.44. The molecule has 1 saturated carbocycles. The van der Waals surface area contributed by atoms with Crippen molar-refractivity contribution in [2.45, 2.75) is 38.0 Å². The summed E-state index contributed by atoms with van der Waals surface area (Å²) in [6.45, 7) is 7.66. The lowest BCUT2D eigenvalue weighted by Gasteiger charge is -2.25. The maximum atomic E-state index is 13.2. The Bertz CT molecular complexity index is 633. The number of hydrogen-bond donors (Lipinski definition) is 1. The van der Waals surface area contributed by atoms with Crippen LogP contribution in [0.25, 0.3) is 0 Å². The molecule has 0 amide bonds. The summed E-state index contributed by atoms with van der Waals surface area (Å²) in [5.74, 6) is 0.859. The van der Waals surface area contributed by atoms with Crippen molar-refractivity contribution in [3.05, 3.63) is 35.6 Å². The zero-order chi connectivity index (χ0) is 17.3. The molecule has 2 saturated heterocycles. The Morgan fingerprint density at radius 2 is 2.04 bits per heavy atom. The fourth-order valence-corrected chi connectivity index (χ4v) is 4.23. The molecule has 0 aromatic heterocycles. The summed E-state index contributed by atoms with van der Waals surface area (Å²) in [5.41, 5.74) is 1.67. The van der Waals surface area contributed by atoms with Crippen LogP contribution in [0.5, 0.6) is 0 Å². The van der Waals surface area contributed by atoms with Gasteiger partial charge >= 0.3 is 0 Å². The van der Waals surface area contributed by atoms with Gasteiger partial charge in [0.25, 0.3) is 0 Å². The lowest BCUT2D eigenvalue weighted by molar-refractivity contribution is 0.156. The summed E-state index contributed by atoms with van der Waals surface area (Å²) >= 11 is 0. The first-order chi connectivity index (χ1) is 12.1. The molecule has 1 atom stereocenters. The molecule has 0 radical (unpaired) electrons. The molecule has 1 aliphatic carbocycles. The highest BCUT2D eigenvalue weighted by Gasteiger charge is 2.45. The van der Waals surface area contributed by atoms with Crippen LogP contribution in [-0.4, -0.2) is 50.3 Å². The minimum atomic E-state index is -0.169. The third kappa shape index (κ3) is 3.39. The molecule has 1 unspecified atom stereocenters. The van der Waals surface area contributed by atoms with Crippen LogP contribution < -0.4 is 5.32 Å². The van der Waals surface area contributed by atoms with Crippen molar-refractivity contribution in [2.75, 3.05) is 39.4 Å². The molecule has 0 bridgehead atoms. The lowest BCUT2D eigenvalue weighted by atomic mass is 9.87. The third-order valence-electron chi connectivity index (χ3n) is 6.10. The molecule has 1 aromatic carbocycles. The van der Waals surface area contributed by atoms with Crippen molar-refractivity contribution in [1.82, 2.24) is 10.2 Å². The number of halogens is 1. The van der Waals surface area contributed by atoms with E-state index in [-0.39, 0.29) is 11.2 Å². The summed E-state index contributed by atoms with van der Waals surface area (Å²) in [6.07, 6.45) is 4.64. The Labute approximate surface area is 149 Å². The average molecular weight is 345 g/mol. The first-order valence-electron chi connectivity index (χ1n) is 9.52. The van der Waals surface area contributed by atoms with Crippen molar-refractivity contribution in [3.8, 4) is 0 Å². The Morgan fingerprint density at radius 3 is 2.68 bits per heavy atom. The Hall–Kier alpha value is -1.62. The van der Waals surface area contributed by atoms with E-state index in [0.29, 0.717) is 5.41 Å². The maximum Gasteiger partial charge on any atom is 0.193 e. The molecular weight excluding hydrogens is 317 g/mol. The highest BCUT2D eigenvalue weighted by Crippen LogP contribution is 2.48. The fraction of sp³-hybridized carbons (Fsp3) is 0.650. The minimum Gasteiger partial charge on any atom is -0.381 e. The molecule has 25 heavy (non-hydrogen) atoms. The molecule has 4 rings (SSSR count). The molecule has 2 heterocycles. The summed E-state index contributed by atoms with van der Waals surface area (Å²) in [6, 6.07) is 6.97. The zero-order valence-corrected chi connectivity index (χ0v) is 15.1. The number of rotatable bonds is 4. The van der Waals surface area contributed by atoms with Crippen LogP contribution >= 0.6 is 0 Å². The zero-order valence-electron chi connectivity index (χ0n) is 15.1. The maximum absolute atomic E-state index is 13.2. The van der Waals surface area contributed by atoms with Crippen LogP contribution in [0.1, 0.15) is 38.2 Å². The van der Waals surface area contributed by atoms with E-state index in [9.17, 15) is 4.39 Å². The van der Waals surface area contributed by atoms with Gasteiger partial charge < -0.3 is 15.0 Å². The molecule has 1 N–H and O–H groups in total. The summed E-state index contributed by atoms with van der Waals surface area (Å²) in [7, 11) is 0. The monoisotopic (exact) mass is 345 g/mol. The number of benzene rings is 1. The first-order valence-corrected chi connectivity index (χ1v) is 9.52. The second kappa shape index (κ2) is 6.60. The van der Waals surface area contributed by atoms with Gasteiger partial charge in [-0.15, -0.1) is 0 Å². The van der Waals surface area contributed by atoms with Crippen LogP contribution in [0.4, 0.5) is 4.39 Å². The van der Waals surface area contributed by atoms with E-state index in [1.807, 2.05) is 12.1 Å². The van der Waals surface area contributed by atoms with E-state index >= 15 is 0 Å². The Morgan fingerprint density at radius 1 is 1.24 bits per heavy atom. The van der Waals surface area contributed by atoms with Crippen LogP contribution in [0.3, 0.4) is 0 Å². The van der Waals surface area contributed by atoms with Crippen molar-refractivity contribution in [3.63, 3.8) is 0 Å². The topological polar surface area (TPSA) is 36.9 Å². The second-order valence-corrected chi connectivity index (χ2v) is 7.93. The van der Waals surface area contributed by atoms with Gasteiger partial charge in [-0.05, 0) is 50.3 Å². The minimum absolute atomic E-state index is 0.113. The van der Waals surface area contributed by atoms with Gasteiger partial charge in [0.2, 0.25) is 0 Å². The van der Waals surface area contributed by atoms with Crippen molar-refractivity contribution >= 4 is 5.96 Å². The van der Waals surface area contributed by atoms with Gasteiger partial charge in [-0.2, -0.15) is 0 Å². The molecule has 1 spiro atoms. The van der Waals surface area contributed by atoms with Gasteiger partial charge in [-0.25, -0.2) is 4.39 Å². The summed E-state index contributed by atoms with van der Waals surface area (Å²) in [4.78, 5) is 7.38. The predicted molar refractivity (Wildman–Crippen MR) is 97.3 cm³/mol. The number of nitrogens with zero attached hydrogens (tertiary/aromatic N) is 2. The van der Waals surface area contributed by atoms with Gasteiger partial charge in [0, 0.05) is 37.1 Å². The van der Waals surface area contributed by atoms with Crippen molar-refractivity contribution < 1.29 is 9.13 Å². The third-order valence-corrected chi connectivity index (χ3v) is 6.10. The number of likely N-dealkylation sites (tertiary alicyclic amines) is 1. The molecule has 4 nitrogen and oxygen atoms in total. The quantitative estimate of drug-likeness (QED) is 0.673. The molecule has 3 fully saturated rings. The normalized spacial score (nSPS) is 27.9. The van der Waals surface area contributed by atoms with Crippen LogP contribution in [0.2, 0.25) is 0 Å². The molecule has 1 aromatic rings.